The Bertz CT molecular complexity index is 605. The molecule has 3 saturated heterocycles. The maximum absolute atomic E-state index is 5.68. The highest BCUT2D eigenvalue weighted by atomic mass is 16.7. The lowest BCUT2D eigenvalue weighted by Crippen LogP contribution is -2.53. The van der Waals surface area contributed by atoms with E-state index in [1.165, 1.54) is 5.56 Å². The van der Waals surface area contributed by atoms with Gasteiger partial charge in [-0.1, -0.05) is 6.07 Å². The summed E-state index contributed by atoms with van der Waals surface area (Å²) >= 11 is 0. The summed E-state index contributed by atoms with van der Waals surface area (Å²) in [4.78, 5) is 8.21. The van der Waals surface area contributed by atoms with Gasteiger partial charge in [0.1, 0.15) is 11.5 Å². The Kier molecular flexibility index (Phi) is 4.86. The van der Waals surface area contributed by atoms with Gasteiger partial charge in [-0.05, 0) is 24.8 Å². The van der Waals surface area contributed by atoms with Crippen LogP contribution in [-0.2, 0) is 16.1 Å². The van der Waals surface area contributed by atoms with Gasteiger partial charge in [-0.25, -0.2) is 0 Å². The van der Waals surface area contributed by atoms with E-state index in [2.05, 4.69) is 16.4 Å². The molecule has 1 aromatic rings. The lowest BCUT2D eigenvalue weighted by molar-refractivity contribution is -0.0114. The maximum Gasteiger partial charge on any atom is 0.127 e. The lowest BCUT2D eigenvalue weighted by Gasteiger charge is -2.38. The highest BCUT2D eigenvalue weighted by molar-refractivity contribution is 5.40. The van der Waals surface area contributed by atoms with Gasteiger partial charge in [-0.15, -0.1) is 0 Å². The van der Waals surface area contributed by atoms with Crippen molar-refractivity contribution >= 4 is 0 Å². The quantitative estimate of drug-likeness (QED) is 0.876. The number of hydroxylamine groups is 1. The molecular weight excluding hydrogens is 320 g/mol. The largest absolute Gasteiger partial charge is 0.497 e. The highest BCUT2D eigenvalue weighted by Crippen LogP contribution is 2.43. The molecule has 3 heterocycles. The highest BCUT2D eigenvalue weighted by Gasteiger charge is 2.55. The fraction of sp³-hybridized carbons (Fsp3) is 0.684. The first kappa shape index (κ1) is 17.1. The summed E-state index contributed by atoms with van der Waals surface area (Å²) in [5, 5.41) is 0. The molecule has 3 fully saturated rings. The number of likely N-dealkylation sites (tertiary alicyclic amines) is 1. The summed E-state index contributed by atoms with van der Waals surface area (Å²) in [6.07, 6.45) is 2.24. The fourth-order valence-electron chi connectivity index (χ4n) is 4.73. The Balaban J connectivity index is 1.50. The van der Waals surface area contributed by atoms with Gasteiger partial charge < -0.3 is 19.0 Å². The van der Waals surface area contributed by atoms with Crippen molar-refractivity contribution in [2.75, 3.05) is 47.1 Å². The van der Waals surface area contributed by atoms with Gasteiger partial charge in [0.15, 0.2) is 0 Å². The molecule has 0 radical (unpaired) electrons. The number of hydrogen-bond donors (Lipinski definition) is 1. The summed E-state index contributed by atoms with van der Waals surface area (Å²) in [7, 11) is 3.40. The van der Waals surface area contributed by atoms with Crippen LogP contribution in [0.25, 0.3) is 0 Å². The van der Waals surface area contributed by atoms with E-state index >= 15 is 0 Å². The van der Waals surface area contributed by atoms with Crippen LogP contribution in [0.5, 0.6) is 11.5 Å². The van der Waals surface area contributed by atoms with Crippen molar-refractivity contribution in [1.29, 1.82) is 0 Å². The third-order valence-corrected chi connectivity index (χ3v) is 6.08. The molecule has 6 heteroatoms. The number of nitrogens with one attached hydrogen (secondary N) is 1. The maximum atomic E-state index is 5.68. The topological polar surface area (TPSA) is 52.2 Å². The van der Waals surface area contributed by atoms with Crippen LogP contribution in [0, 0.1) is 11.8 Å². The number of hydrogen-bond acceptors (Lipinski definition) is 6. The summed E-state index contributed by atoms with van der Waals surface area (Å²) < 4.78 is 16.4. The van der Waals surface area contributed by atoms with Gasteiger partial charge in [0.05, 0.1) is 26.4 Å². The zero-order chi connectivity index (χ0) is 17.3. The predicted octanol–water partition coefficient (Wildman–Crippen LogP) is 1.84. The molecule has 0 aromatic heterocycles. The summed E-state index contributed by atoms with van der Waals surface area (Å²) in [6, 6.07) is 6.07. The minimum atomic E-state index is 0.0729. The van der Waals surface area contributed by atoms with Crippen LogP contribution in [0.2, 0.25) is 0 Å². The molecule has 0 saturated carbocycles. The average Bonchev–Trinajstić information content (AvgIpc) is 3.20. The predicted molar refractivity (Wildman–Crippen MR) is 93.7 cm³/mol. The van der Waals surface area contributed by atoms with E-state index in [0.717, 1.165) is 63.8 Å². The lowest BCUT2D eigenvalue weighted by atomic mass is 9.74. The molecular formula is C19H28N2O4. The van der Waals surface area contributed by atoms with Crippen molar-refractivity contribution in [1.82, 2.24) is 10.4 Å². The molecule has 6 nitrogen and oxygen atoms in total. The number of fused-ring (bicyclic) bond motifs is 1. The molecule has 1 aromatic carbocycles. The van der Waals surface area contributed by atoms with Crippen molar-refractivity contribution < 1.29 is 19.0 Å². The van der Waals surface area contributed by atoms with Gasteiger partial charge >= 0.3 is 0 Å². The summed E-state index contributed by atoms with van der Waals surface area (Å²) in [6.45, 7) is 5.49. The van der Waals surface area contributed by atoms with Crippen molar-refractivity contribution in [2.24, 2.45) is 11.8 Å². The van der Waals surface area contributed by atoms with Crippen molar-refractivity contribution in [3.63, 3.8) is 0 Å². The van der Waals surface area contributed by atoms with E-state index in [1.54, 1.807) is 14.2 Å². The van der Waals surface area contributed by atoms with Crippen LogP contribution in [0.3, 0.4) is 0 Å². The first-order chi connectivity index (χ1) is 12.2. The minimum Gasteiger partial charge on any atom is -0.497 e. The number of nitrogens with zero attached hydrogens (tertiary/aromatic N) is 1. The first-order valence-electron chi connectivity index (χ1n) is 9.15. The van der Waals surface area contributed by atoms with E-state index in [0.29, 0.717) is 11.8 Å². The Morgan fingerprint density at radius 3 is 2.80 bits per heavy atom. The number of rotatable bonds is 5. The first-order valence-corrected chi connectivity index (χ1v) is 9.15. The smallest absolute Gasteiger partial charge is 0.127 e. The van der Waals surface area contributed by atoms with E-state index in [-0.39, 0.29) is 5.54 Å². The third kappa shape index (κ3) is 3.12. The van der Waals surface area contributed by atoms with Gasteiger partial charge in [-0.3, -0.25) is 4.90 Å². The van der Waals surface area contributed by atoms with Gasteiger partial charge in [0.25, 0.3) is 0 Å². The van der Waals surface area contributed by atoms with E-state index < -0.39 is 0 Å². The van der Waals surface area contributed by atoms with Crippen LogP contribution >= 0.6 is 0 Å². The van der Waals surface area contributed by atoms with E-state index in [4.69, 9.17) is 19.0 Å². The standard InChI is InChI=1S/C19H28N2O4/c1-22-17-4-3-14(18(9-17)23-2)10-21-11-16-12-25-20-19(16,13-21)15-5-7-24-8-6-15/h3-4,9,15-16,20H,5-8,10-13H2,1-2H3/t16-,19+/m0/s1. The molecule has 138 valence electrons. The zero-order valence-corrected chi connectivity index (χ0v) is 15.1. The molecule has 0 aliphatic carbocycles. The molecule has 3 aliphatic heterocycles. The summed E-state index contributed by atoms with van der Waals surface area (Å²) in [5.74, 6) is 2.88. The molecule has 0 unspecified atom stereocenters. The van der Waals surface area contributed by atoms with Crippen LogP contribution in [0.1, 0.15) is 18.4 Å². The van der Waals surface area contributed by atoms with Gasteiger partial charge in [0.2, 0.25) is 0 Å². The Labute approximate surface area is 149 Å². The van der Waals surface area contributed by atoms with Gasteiger partial charge in [-0.2, -0.15) is 5.48 Å². The Hall–Kier alpha value is -1.34. The molecule has 2 atom stereocenters. The Morgan fingerprint density at radius 1 is 1.20 bits per heavy atom. The Morgan fingerprint density at radius 2 is 2.04 bits per heavy atom. The molecule has 4 rings (SSSR count). The van der Waals surface area contributed by atoms with E-state index in [9.17, 15) is 0 Å². The molecule has 0 amide bonds. The third-order valence-electron chi connectivity index (χ3n) is 6.08. The SMILES string of the molecule is COc1ccc(CN2C[C@H]3CON[C@@]3(C3CCOCC3)C2)c(OC)c1. The number of methoxy groups -OCH3 is 2. The van der Waals surface area contributed by atoms with Crippen molar-refractivity contribution in [2.45, 2.75) is 24.9 Å². The van der Waals surface area contributed by atoms with Crippen molar-refractivity contribution in [3.05, 3.63) is 23.8 Å². The molecule has 0 bridgehead atoms. The zero-order valence-electron chi connectivity index (χ0n) is 15.1. The van der Waals surface area contributed by atoms with Crippen LogP contribution in [0.4, 0.5) is 0 Å². The second-order valence-corrected chi connectivity index (χ2v) is 7.38. The van der Waals surface area contributed by atoms with E-state index in [1.807, 2.05) is 12.1 Å². The molecule has 0 spiro atoms. The van der Waals surface area contributed by atoms with Crippen LogP contribution < -0.4 is 15.0 Å². The number of benzene rings is 1. The molecule has 3 aliphatic rings. The van der Waals surface area contributed by atoms with Crippen molar-refractivity contribution in [3.8, 4) is 11.5 Å². The average molecular weight is 348 g/mol. The monoisotopic (exact) mass is 348 g/mol. The second-order valence-electron chi connectivity index (χ2n) is 7.38. The van der Waals surface area contributed by atoms with Crippen LogP contribution in [-0.4, -0.2) is 57.6 Å². The molecule has 25 heavy (non-hydrogen) atoms. The normalized spacial score (nSPS) is 30.4. The minimum absolute atomic E-state index is 0.0729. The fourth-order valence-corrected chi connectivity index (χ4v) is 4.73. The van der Waals surface area contributed by atoms with Crippen LogP contribution in [0.15, 0.2) is 18.2 Å². The van der Waals surface area contributed by atoms with Gasteiger partial charge in [0, 0.05) is 50.4 Å². The molecule has 1 N–H and O–H groups in total. The summed E-state index contributed by atoms with van der Waals surface area (Å²) in [5.41, 5.74) is 4.69. The second kappa shape index (κ2) is 7.11. The number of ether oxygens (including phenoxy) is 3.